The molecule has 0 spiro atoms. The van der Waals surface area contributed by atoms with E-state index < -0.39 is 6.04 Å². The molecule has 3 amide bonds. The highest BCUT2D eigenvalue weighted by molar-refractivity contribution is 9.10. The Morgan fingerprint density at radius 3 is 2.30 bits per heavy atom. The molecule has 0 fully saturated rings. The summed E-state index contributed by atoms with van der Waals surface area (Å²) < 4.78 is 0.936. The van der Waals surface area contributed by atoms with Crippen LogP contribution in [0.15, 0.2) is 64.3 Å². The van der Waals surface area contributed by atoms with Crippen molar-refractivity contribution in [3.63, 3.8) is 0 Å². The highest BCUT2D eigenvalue weighted by Gasteiger charge is 2.31. The van der Waals surface area contributed by atoms with Crippen molar-refractivity contribution in [1.82, 2.24) is 10.6 Å². The number of carbonyl (C=O) groups is 2. The number of hydrogen-bond acceptors (Lipinski definition) is 2. The van der Waals surface area contributed by atoms with Gasteiger partial charge in [-0.05, 0) is 48.2 Å². The smallest absolute Gasteiger partial charge is 0.319 e. The summed E-state index contributed by atoms with van der Waals surface area (Å²) in [5.41, 5.74) is 3.81. The molecule has 1 aliphatic heterocycles. The van der Waals surface area contributed by atoms with Crippen molar-refractivity contribution in [2.75, 3.05) is 5.32 Å². The molecule has 1 heterocycles. The highest BCUT2D eigenvalue weighted by Crippen LogP contribution is 2.29. The Morgan fingerprint density at radius 2 is 1.70 bits per heavy atom. The van der Waals surface area contributed by atoms with Gasteiger partial charge in [-0.25, -0.2) is 4.79 Å². The van der Waals surface area contributed by atoms with E-state index in [2.05, 4.69) is 45.7 Å². The van der Waals surface area contributed by atoms with Crippen LogP contribution < -0.4 is 16.0 Å². The minimum Gasteiger partial charge on any atom is -0.327 e. The van der Waals surface area contributed by atoms with Crippen LogP contribution in [0.25, 0.3) is 0 Å². The number of benzene rings is 2. The second kappa shape index (κ2) is 7.96. The first kappa shape index (κ1) is 19.2. The van der Waals surface area contributed by atoms with Gasteiger partial charge in [0, 0.05) is 15.9 Å². The summed E-state index contributed by atoms with van der Waals surface area (Å²) in [7, 11) is 0. The van der Waals surface area contributed by atoms with E-state index in [0.717, 1.165) is 10.0 Å². The van der Waals surface area contributed by atoms with E-state index in [1.165, 1.54) is 5.56 Å². The minimum atomic E-state index is -0.504. The third kappa shape index (κ3) is 4.39. The second-order valence-electron chi connectivity index (χ2n) is 6.85. The summed E-state index contributed by atoms with van der Waals surface area (Å²) in [6, 6.07) is 14.5. The summed E-state index contributed by atoms with van der Waals surface area (Å²) in [4.78, 5) is 25.0. The van der Waals surface area contributed by atoms with E-state index in [1.807, 2.05) is 48.5 Å². The topological polar surface area (TPSA) is 70.2 Å². The molecule has 1 atom stereocenters. The van der Waals surface area contributed by atoms with Gasteiger partial charge in [-0.1, -0.05) is 54.0 Å². The largest absolute Gasteiger partial charge is 0.327 e. The zero-order valence-corrected chi connectivity index (χ0v) is 17.1. The second-order valence-corrected chi connectivity index (χ2v) is 7.77. The molecule has 1 aliphatic rings. The molecule has 3 N–H and O–H groups in total. The number of rotatable bonds is 4. The molecule has 0 aliphatic carbocycles. The first-order valence-corrected chi connectivity index (χ1v) is 9.59. The summed E-state index contributed by atoms with van der Waals surface area (Å²) in [6.07, 6.45) is 0. The van der Waals surface area contributed by atoms with Gasteiger partial charge in [0.1, 0.15) is 0 Å². The van der Waals surface area contributed by atoms with Gasteiger partial charge in [0.25, 0.3) is 5.91 Å². The van der Waals surface area contributed by atoms with Crippen molar-refractivity contribution >= 4 is 33.6 Å². The van der Waals surface area contributed by atoms with Crippen molar-refractivity contribution in [3.8, 4) is 0 Å². The van der Waals surface area contributed by atoms with Crippen molar-refractivity contribution in [2.45, 2.75) is 32.7 Å². The van der Waals surface area contributed by atoms with Crippen LogP contribution in [0, 0.1) is 0 Å². The van der Waals surface area contributed by atoms with E-state index in [-0.39, 0.29) is 11.9 Å². The number of halogens is 1. The fourth-order valence-corrected chi connectivity index (χ4v) is 3.31. The van der Waals surface area contributed by atoms with E-state index in [4.69, 9.17) is 0 Å². The van der Waals surface area contributed by atoms with Crippen LogP contribution in [0.2, 0.25) is 0 Å². The van der Waals surface area contributed by atoms with E-state index in [9.17, 15) is 9.59 Å². The van der Waals surface area contributed by atoms with Gasteiger partial charge in [-0.2, -0.15) is 0 Å². The Hall–Kier alpha value is -2.60. The Balaban J connectivity index is 1.91. The lowest BCUT2D eigenvalue weighted by molar-refractivity contribution is -0.113. The molecule has 2 aromatic rings. The van der Waals surface area contributed by atoms with Gasteiger partial charge in [0.15, 0.2) is 0 Å². The molecule has 27 heavy (non-hydrogen) atoms. The Morgan fingerprint density at radius 1 is 1.07 bits per heavy atom. The van der Waals surface area contributed by atoms with E-state index in [0.29, 0.717) is 22.9 Å². The molecule has 6 heteroatoms. The van der Waals surface area contributed by atoms with Gasteiger partial charge < -0.3 is 16.0 Å². The van der Waals surface area contributed by atoms with Gasteiger partial charge in [-0.15, -0.1) is 0 Å². The van der Waals surface area contributed by atoms with Gasteiger partial charge in [0.05, 0.1) is 11.6 Å². The minimum absolute atomic E-state index is 0.250. The highest BCUT2D eigenvalue weighted by atomic mass is 79.9. The quantitative estimate of drug-likeness (QED) is 0.652. The third-order valence-corrected chi connectivity index (χ3v) is 5.08. The predicted octanol–water partition coefficient (Wildman–Crippen LogP) is 4.84. The predicted molar refractivity (Wildman–Crippen MR) is 110 cm³/mol. The monoisotopic (exact) mass is 427 g/mol. The summed E-state index contributed by atoms with van der Waals surface area (Å²) >= 11 is 3.38. The van der Waals surface area contributed by atoms with Crippen LogP contribution >= 0.6 is 15.9 Å². The Bertz CT molecular complexity index is 887. The van der Waals surface area contributed by atoms with E-state index in [1.54, 1.807) is 6.92 Å². The van der Waals surface area contributed by atoms with Crippen LogP contribution in [0.1, 0.15) is 43.9 Å². The Kier molecular flexibility index (Phi) is 5.65. The molecule has 0 saturated heterocycles. The van der Waals surface area contributed by atoms with Gasteiger partial charge in [0.2, 0.25) is 0 Å². The number of allylic oxidation sites excluding steroid dienone is 1. The zero-order chi connectivity index (χ0) is 19.6. The number of carbonyl (C=O) groups excluding carboxylic acids is 2. The summed E-state index contributed by atoms with van der Waals surface area (Å²) in [5, 5.41) is 8.46. The molecule has 0 radical (unpaired) electrons. The fraction of sp³-hybridized carbons (Fsp3) is 0.238. The summed E-state index contributed by atoms with van der Waals surface area (Å²) in [5.74, 6) is 0.166. The van der Waals surface area contributed by atoms with Crippen molar-refractivity contribution in [2.24, 2.45) is 0 Å². The number of amides is 3. The molecule has 140 valence electrons. The van der Waals surface area contributed by atoms with Gasteiger partial charge >= 0.3 is 6.03 Å². The Labute approximate surface area is 167 Å². The fourth-order valence-electron chi connectivity index (χ4n) is 3.05. The molecule has 0 aromatic heterocycles. The molecule has 3 rings (SSSR count). The number of anilines is 1. The van der Waals surface area contributed by atoms with Gasteiger partial charge in [-0.3, -0.25) is 4.79 Å². The molecule has 0 bridgehead atoms. The SMILES string of the molecule is CC1=C(C(=O)Nc2ccc(Br)cc2)[C@H](c2ccc(C(C)C)cc2)NC(=O)N1. The van der Waals surface area contributed by atoms with Crippen molar-refractivity contribution in [3.05, 3.63) is 75.4 Å². The maximum atomic E-state index is 13.0. The lowest BCUT2D eigenvalue weighted by Crippen LogP contribution is -2.45. The average Bonchev–Trinajstić information content (AvgIpc) is 2.63. The molecular weight excluding hydrogens is 406 g/mol. The standard InChI is InChI=1S/C21H22BrN3O2/c1-12(2)14-4-6-15(7-5-14)19-18(13(3)23-21(27)25-19)20(26)24-17-10-8-16(22)9-11-17/h4-12,19H,1-3H3,(H,24,26)(H2,23,25,27)/t19-/m0/s1. The molecule has 0 unspecified atom stereocenters. The third-order valence-electron chi connectivity index (χ3n) is 4.55. The lowest BCUT2D eigenvalue weighted by atomic mass is 9.92. The molecule has 5 nitrogen and oxygen atoms in total. The summed E-state index contributed by atoms with van der Waals surface area (Å²) in [6.45, 7) is 6.00. The number of nitrogens with one attached hydrogen (secondary N) is 3. The van der Waals surface area contributed by atoms with Crippen LogP contribution in [-0.2, 0) is 4.79 Å². The lowest BCUT2D eigenvalue weighted by Gasteiger charge is -2.29. The van der Waals surface area contributed by atoms with Crippen LogP contribution in [0.4, 0.5) is 10.5 Å². The molecule has 0 saturated carbocycles. The molecule has 2 aromatic carbocycles. The maximum Gasteiger partial charge on any atom is 0.319 e. The molecular formula is C21H22BrN3O2. The maximum absolute atomic E-state index is 13.0. The average molecular weight is 428 g/mol. The van der Waals surface area contributed by atoms with Crippen molar-refractivity contribution in [1.29, 1.82) is 0 Å². The first-order valence-electron chi connectivity index (χ1n) is 8.80. The van der Waals surface area contributed by atoms with Crippen LogP contribution in [0.3, 0.4) is 0 Å². The normalized spacial score (nSPS) is 16.8. The zero-order valence-electron chi connectivity index (χ0n) is 15.5. The van der Waals surface area contributed by atoms with Crippen molar-refractivity contribution < 1.29 is 9.59 Å². The number of hydrogen-bond donors (Lipinski definition) is 3. The van der Waals surface area contributed by atoms with E-state index >= 15 is 0 Å². The van der Waals surface area contributed by atoms with Crippen LogP contribution in [-0.4, -0.2) is 11.9 Å². The number of urea groups is 1. The first-order chi connectivity index (χ1) is 12.8. The van der Waals surface area contributed by atoms with Crippen LogP contribution in [0.5, 0.6) is 0 Å².